The van der Waals surface area contributed by atoms with E-state index >= 15 is 0 Å². The molecule has 0 spiro atoms. The zero-order valence-corrected chi connectivity index (χ0v) is 9.74. The van der Waals surface area contributed by atoms with E-state index in [1.165, 1.54) is 0 Å². The van der Waals surface area contributed by atoms with Gasteiger partial charge in [-0.05, 0) is 40.3 Å². The van der Waals surface area contributed by atoms with Crippen molar-refractivity contribution in [1.29, 1.82) is 0 Å². The molecule has 14 heavy (non-hydrogen) atoms. The molecule has 3 nitrogen and oxygen atoms in total. The molecule has 5 heteroatoms. The van der Waals surface area contributed by atoms with E-state index in [1.807, 2.05) is 12.1 Å². The fourth-order valence-corrected chi connectivity index (χ4v) is 2.08. The van der Waals surface area contributed by atoms with Crippen LogP contribution in [0.25, 0.3) is 0 Å². The molecule has 1 aromatic rings. The van der Waals surface area contributed by atoms with Gasteiger partial charge in [0.15, 0.2) is 5.11 Å². The minimum Gasteiger partial charge on any atom is -0.493 e. The van der Waals surface area contributed by atoms with E-state index in [9.17, 15) is 0 Å². The lowest BCUT2D eigenvalue weighted by atomic mass is 10.1. The molecule has 0 radical (unpaired) electrons. The normalized spacial score (nSPS) is 13.2. The van der Waals surface area contributed by atoms with Crippen molar-refractivity contribution in [3.63, 3.8) is 0 Å². The fraction of sp³-hybridized carbons (Fsp3) is 0.222. The molecule has 2 rings (SSSR count). The summed E-state index contributed by atoms with van der Waals surface area (Å²) in [7, 11) is 0. The number of benzene rings is 1. The molecule has 0 saturated heterocycles. The number of thiocarbonyl (C=S) groups is 1. The standard InChI is InChI=1S/C9H9BrN2OS/c10-6-1-2-7-5(3-4-13-7)8(6)12-9(11)14/h1-2H,3-4H2,(H3,11,12,14). The second-order valence-corrected chi connectivity index (χ2v) is 4.28. The van der Waals surface area contributed by atoms with E-state index < -0.39 is 0 Å². The number of halogens is 1. The second-order valence-electron chi connectivity index (χ2n) is 2.99. The van der Waals surface area contributed by atoms with E-state index in [4.69, 9.17) is 22.7 Å². The molecule has 1 heterocycles. The Morgan fingerprint density at radius 1 is 1.57 bits per heavy atom. The van der Waals surface area contributed by atoms with E-state index in [0.29, 0.717) is 0 Å². The molecule has 0 atom stereocenters. The number of rotatable bonds is 1. The maximum absolute atomic E-state index is 5.45. The van der Waals surface area contributed by atoms with Crippen LogP contribution < -0.4 is 15.8 Å². The average Bonchev–Trinajstić information content (AvgIpc) is 2.57. The van der Waals surface area contributed by atoms with Crippen molar-refractivity contribution in [2.24, 2.45) is 5.73 Å². The molecule has 74 valence electrons. The van der Waals surface area contributed by atoms with E-state index in [2.05, 4.69) is 21.2 Å². The Morgan fingerprint density at radius 2 is 2.36 bits per heavy atom. The summed E-state index contributed by atoms with van der Waals surface area (Å²) in [5.74, 6) is 0.909. The van der Waals surface area contributed by atoms with Gasteiger partial charge in [-0.1, -0.05) is 0 Å². The van der Waals surface area contributed by atoms with Crippen molar-refractivity contribution in [2.75, 3.05) is 11.9 Å². The number of hydrogen-bond acceptors (Lipinski definition) is 2. The lowest BCUT2D eigenvalue weighted by molar-refractivity contribution is 0.357. The van der Waals surface area contributed by atoms with E-state index in [0.717, 1.165) is 34.5 Å². The molecule has 0 aromatic heterocycles. The molecule has 1 aromatic carbocycles. The summed E-state index contributed by atoms with van der Waals surface area (Å²) in [4.78, 5) is 0. The van der Waals surface area contributed by atoms with Crippen LogP contribution in [0.4, 0.5) is 5.69 Å². The molecular formula is C9H9BrN2OS. The predicted octanol–water partition coefficient (Wildman–Crippen LogP) is 2.04. The summed E-state index contributed by atoms with van der Waals surface area (Å²) in [5, 5.41) is 3.23. The molecule has 1 aliphatic heterocycles. The Bertz CT molecular complexity index is 395. The quantitative estimate of drug-likeness (QED) is 0.769. The van der Waals surface area contributed by atoms with Crippen molar-refractivity contribution in [1.82, 2.24) is 0 Å². The lowest BCUT2D eigenvalue weighted by Crippen LogP contribution is -2.20. The molecule has 0 amide bonds. The maximum Gasteiger partial charge on any atom is 0.168 e. The van der Waals surface area contributed by atoms with E-state index in [1.54, 1.807) is 0 Å². The van der Waals surface area contributed by atoms with Crippen LogP contribution >= 0.6 is 28.1 Å². The first-order valence-corrected chi connectivity index (χ1v) is 5.39. The Kier molecular flexibility index (Phi) is 2.60. The van der Waals surface area contributed by atoms with Gasteiger partial charge in [0.2, 0.25) is 0 Å². The number of hydrogen-bond donors (Lipinski definition) is 2. The average molecular weight is 273 g/mol. The second kappa shape index (κ2) is 3.74. The number of nitrogens with one attached hydrogen (secondary N) is 1. The molecule has 3 N–H and O–H groups in total. The molecule has 1 aliphatic rings. The van der Waals surface area contributed by atoms with Crippen molar-refractivity contribution < 1.29 is 4.74 Å². The SMILES string of the molecule is NC(=S)Nc1c(Br)ccc2c1CCO2. The Labute approximate surface area is 95.8 Å². The van der Waals surface area contributed by atoms with Crippen LogP contribution in [0.5, 0.6) is 5.75 Å². The fourth-order valence-electron chi connectivity index (χ4n) is 1.50. The Hall–Kier alpha value is -0.810. The third-order valence-electron chi connectivity index (χ3n) is 2.08. The minimum atomic E-state index is 0.269. The highest BCUT2D eigenvalue weighted by atomic mass is 79.9. The van der Waals surface area contributed by atoms with Gasteiger partial charge in [-0.15, -0.1) is 0 Å². The van der Waals surface area contributed by atoms with Gasteiger partial charge in [-0.3, -0.25) is 0 Å². The van der Waals surface area contributed by atoms with Gasteiger partial charge >= 0.3 is 0 Å². The van der Waals surface area contributed by atoms with Crippen LogP contribution in [0, 0.1) is 0 Å². The van der Waals surface area contributed by atoms with Gasteiger partial charge in [0.05, 0.1) is 12.3 Å². The highest BCUT2D eigenvalue weighted by Gasteiger charge is 2.18. The smallest absolute Gasteiger partial charge is 0.168 e. The first-order valence-electron chi connectivity index (χ1n) is 4.19. The predicted molar refractivity (Wildman–Crippen MR) is 63.7 cm³/mol. The van der Waals surface area contributed by atoms with E-state index in [-0.39, 0.29) is 5.11 Å². The molecule has 0 aliphatic carbocycles. The van der Waals surface area contributed by atoms with Gasteiger partial charge in [0.25, 0.3) is 0 Å². The van der Waals surface area contributed by atoms with Crippen molar-refractivity contribution in [2.45, 2.75) is 6.42 Å². The Morgan fingerprint density at radius 3 is 3.07 bits per heavy atom. The van der Waals surface area contributed by atoms with Crippen molar-refractivity contribution in [3.8, 4) is 5.75 Å². The van der Waals surface area contributed by atoms with Crippen molar-refractivity contribution in [3.05, 3.63) is 22.2 Å². The van der Waals surface area contributed by atoms with Crippen LogP contribution in [0.2, 0.25) is 0 Å². The number of fused-ring (bicyclic) bond motifs is 1. The largest absolute Gasteiger partial charge is 0.493 e. The summed E-state index contributed by atoms with van der Waals surface area (Å²) in [6.45, 7) is 0.720. The first kappa shape index (κ1) is 9.73. The van der Waals surface area contributed by atoms with Gasteiger partial charge in [-0.25, -0.2) is 0 Å². The maximum atomic E-state index is 5.45. The molecule has 0 fully saturated rings. The lowest BCUT2D eigenvalue weighted by Gasteiger charge is -2.10. The first-order chi connectivity index (χ1) is 6.68. The summed E-state index contributed by atoms with van der Waals surface area (Å²) < 4.78 is 6.38. The zero-order chi connectivity index (χ0) is 10.1. The van der Waals surface area contributed by atoms with Crippen LogP contribution in [0.1, 0.15) is 5.56 Å². The minimum absolute atomic E-state index is 0.269. The van der Waals surface area contributed by atoms with Gasteiger partial charge in [-0.2, -0.15) is 0 Å². The number of nitrogens with two attached hydrogens (primary N) is 1. The molecule has 0 saturated carbocycles. The molecule has 0 unspecified atom stereocenters. The summed E-state index contributed by atoms with van der Waals surface area (Å²) in [6, 6.07) is 3.86. The number of ether oxygens (including phenoxy) is 1. The van der Waals surface area contributed by atoms with Gasteiger partial charge in [0, 0.05) is 16.5 Å². The Balaban J connectivity index is 2.46. The third kappa shape index (κ3) is 1.69. The third-order valence-corrected chi connectivity index (χ3v) is 2.84. The van der Waals surface area contributed by atoms with Crippen LogP contribution in [0.15, 0.2) is 16.6 Å². The summed E-state index contributed by atoms with van der Waals surface area (Å²) in [6.07, 6.45) is 0.889. The summed E-state index contributed by atoms with van der Waals surface area (Å²) in [5.41, 5.74) is 7.50. The highest BCUT2D eigenvalue weighted by Crippen LogP contribution is 2.36. The van der Waals surface area contributed by atoms with Crippen molar-refractivity contribution >= 4 is 38.9 Å². The van der Waals surface area contributed by atoms with Gasteiger partial charge in [0.1, 0.15) is 5.75 Å². The topological polar surface area (TPSA) is 47.3 Å². The highest BCUT2D eigenvalue weighted by molar-refractivity contribution is 9.10. The monoisotopic (exact) mass is 272 g/mol. The van der Waals surface area contributed by atoms with Gasteiger partial charge < -0.3 is 15.8 Å². The summed E-state index contributed by atoms with van der Waals surface area (Å²) >= 11 is 8.26. The van der Waals surface area contributed by atoms with Crippen LogP contribution in [-0.4, -0.2) is 11.7 Å². The molecular weight excluding hydrogens is 264 g/mol. The number of anilines is 1. The van der Waals surface area contributed by atoms with Crippen LogP contribution in [0.3, 0.4) is 0 Å². The van der Waals surface area contributed by atoms with Crippen LogP contribution in [-0.2, 0) is 6.42 Å². The zero-order valence-electron chi connectivity index (χ0n) is 7.34. The molecule has 0 bridgehead atoms.